The molecule has 0 aliphatic heterocycles. The van der Waals surface area contributed by atoms with Crippen LogP contribution in [0.4, 0.5) is 0 Å². The summed E-state index contributed by atoms with van der Waals surface area (Å²) in [6, 6.07) is 59.3. The van der Waals surface area contributed by atoms with Crippen molar-refractivity contribution in [3.05, 3.63) is 164 Å². The summed E-state index contributed by atoms with van der Waals surface area (Å²) in [5, 5.41) is 15.6. The molecule has 3 aromatic heterocycles. The number of thiophene rings is 1. The van der Waals surface area contributed by atoms with E-state index in [9.17, 15) is 0 Å². The van der Waals surface area contributed by atoms with Gasteiger partial charge in [-0.1, -0.05) is 140 Å². The van der Waals surface area contributed by atoms with E-state index in [1.165, 1.54) is 63.3 Å². The van der Waals surface area contributed by atoms with Crippen molar-refractivity contribution >= 4 is 107 Å². The summed E-state index contributed by atoms with van der Waals surface area (Å²) in [5.74, 6) is 0.671. The minimum atomic E-state index is 0.671. The van der Waals surface area contributed by atoms with Gasteiger partial charge in [-0.25, -0.2) is 9.97 Å². The highest BCUT2D eigenvalue weighted by Gasteiger charge is 2.22. The van der Waals surface area contributed by atoms with Gasteiger partial charge in [0.1, 0.15) is 0 Å². The zero-order valence-electron chi connectivity index (χ0n) is 27.8. The molecule has 0 amide bonds. The summed E-state index contributed by atoms with van der Waals surface area (Å²) in [4.78, 5) is 11.2. The van der Waals surface area contributed by atoms with E-state index in [1.807, 2.05) is 11.3 Å². The number of aromatic nitrogens is 3. The number of rotatable bonds is 2. The summed E-state index contributed by atoms with van der Waals surface area (Å²) in [6.45, 7) is 0. The Morgan fingerprint density at radius 1 is 0.404 bits per heavy atom. The first-order valence-electron chi connectivity index (χ1n) is 17.7. The van der Waals surface area contributed by atoms with E-state index in [0.29, 0.717) is 5.95 Å². The number of hydrogen-bond donors (Lipinski definition) is 0. The predicted molar refractivity (Wildman–Crippen MR) is 222 cm³/mol. The zero-order valence-corrected chi connectivity index (χ0v) is 28.7. The third-order valence-electron chi connectivity index (χ3n) is 11.0. The van der Waals surface area contributed by atoms with E-state index in [2.05, 4.69) is 168 Å². The van der Waals surface area contributed by atoms with Gasteiger partial charge in [-0.2, -0.15) is 0 Å². The van der Waals surface area contributed by atoms with Crippen molar-refractivity contribution in [1.82, 2.24) is 14.5 Å². The number of fused-ring (bicyclic) bond motifs is 15. The highest BCUT2D eigenvalue weighted by molar-refractivity contribution is 7.26. The fourth-order valence-electron chi connectivity index (χ4n) is 8.67. The van der Waals surface area contributed by atoms with Gasteiger partial charge in [0.25, 0.3) is 0 Å². The molecule has 3 nitrogen and oxygen atoms in total. The molecule has 0 aliphatic carbocycles. The second-order valence-electron chi connectivity index (χ2n) is 13.7. The van der Waals surface area contributed by atoms with Crippen molar-refractivity contribution in [2.24, 2.45) is 0 Å². The van der Waals surface area contributed by atoms with Crippen LogP contribution in [0.5, 0.6) is 0 Å². The van der Waals surface area contributed by atoms with Crippen LogP contribution in [0, 0.1) is 0 Å². The Morgan fingerprint density at radius 3 is 1.94 bits per heavy atom. The SMILES string of the molecule is c1ccc2c(-c3nc(-n4c5ccccc5c5cc6c(ccc7c8ccccc8sc67)cc54)nc4c5ccccc5c5ccccc5c34)cccc2c1. The van der Waals surface area contributed by atoms with Gasteiger partial charge in [0.15, 0.2) is 0 Å². The molecule has 0 aliphatic rings. The average Bonchev–Trinajstić information content (AvgIpc) is 3.75. The molecule has 4 heteroatoms. The Hall–Kier alpha value is -6.62. The predicted octanol–water partition coefficient (Wildman–Crippen LogP) is 13.4. The van der Waals surface area contributed by atoms with Crippen molar-refractivity contribution in [2.45, 2.75) is 0 Å². The fourth-order valence-corrected chi connectivity index (χ4v) is 9.90. The Morgan fingerprint density at radius 2 is 1.08 bits per heavy atom. The Kier molecular flexibility index (Phi) is 5.65. The summed E-state index contributed by atoms with van der Waals surface area (Å²) < 4.78 is 4.94. The number of benzene rings is 9. The molecule has 240 valence electrons. The molecule has 9 aromatic carbocycles. The molecule has 0 bridgehead atoms. The van der Waals surface area contributed by atoms with Crippen LogP contribution in [0.25, 0.3) is 113 Å². The topological polar surface area (TPSA) is 30.7 Å². The molecule has 12 rings (SSSR count). The van der Waals surface area contributed by atoms with Crippen LogP contribution in [0.3, 0.4) is 0 Å². The number of hydrogen-bond acceptors (Lipinski definition) is 3. The molecule has 0 N–H and O–H groups in total. The van der Waals surface area contributed by atoms with Crippen LogP contribution < -0.4 is 0 Å². The Bertz CT molecular complexity index is 3470. The van der Waals surface area contributed by atoms with Gasteiger partial charge in [-0.3, -0.25) is 4.57 Å². The standard InChI is InChI=1S/C48H27N3S/c1-2-14-30-28(12-1)13-11-21-36(30)45-44-35-19-5-3-15-31(35)32-16-4-6-20-37(32)46(44)50-48(49-45)51-41-22-9-7-17-33(41)40-27-39-29(26-42(40)51)24-25-38-34-18-8-10-23-43(34)52-47(38)39/h1-27H. The molecule has 3 heterocycles. The van der Waals surface area contributed by atoms with Gasteiger partial charge in [-0.15, -0.1) is 11.3 Å². The van der Waals surface area contributed by atoms with Crippen molar-refractivity contribution in [3.8, 4) is 17.2 Å². The fraction of sp³-hybridized carbons (Fsp3) is 0. The lowest BCUT2D eigenvalue weighted by Gasteiger charge is -2.17. The number of nitrogens with zero attached hydrogens (tertiary/aromatic N) is 3. The Labute approximate surface area is 301 Å². The van der Waals surface area contributed by atoms with Crippen molar-refractivity contribution in [3.63, 3.8) is 0 Å². The monoisotopic (exact) mass is 677 g/mol. The number of para-hydroxylation sites is 1. The van der Waals surface area contributed by atoms with Gasteiger partial charge >= 0.3 is 0 Å². The van der Waals surface area contributed by atoms with E-state index in [-0.39, 0.29) is 0 Å². The van der Waals surface area contributed by atoms with Crippen LogP contribution in [0.15, 0.2) is 164 Å². The zero-order chi connectivity index (χ0) is 33.9. The lowest BCUT2D eigenvalue weighted by atomic mass is 9.93. The van der Waals surface area contributed by atoms with Gasteiger partial charge in [0.2, 0.25) is 5.95 Å². The maximum atomic E-state index is 5.63. The molecule has 12 aromatic rings. The molecule has 0 unspecified atom stereocenters. The lowest BCUT2D eigenvalue weighted by molar-refractivity contribution is 1.02. The molecule has 0 atom stereocenters. The van der Waals surface area contributed by atoms with Crippen LogP contribution in [0.1, 0.15) is 0 Å². The third kappa shape index (κ3) is 3.79. The van der Waals surface area contributed by atoms with Gasteiger partial charge in [0, 0.05) is 52.7 Å². The molecule has 0 saturated heterocycles. The largest absolute Gasteiger partial charge is 0.278 e. The smallest absolute Gasteiger partial charge is 0.235 e. The van der Waals surface area contributed by atoms with Gasteiger partial charge < -0.3 is 0 Å². The van der Waals surface area contributed by atoms with E-state index in [0.717, 1.165) is 44.0 Å². The molecule has 0 spiro atoms. The van der Waals surface area contributed by atoms with Crippen molar-refractivity contribution < 1.29 is 0 Å². The second kappa shape index (κ2) is 10.5. The summed E-state index contributed by atoms with van der Waals surface area (Å²) in [5.41, 5.74) is 5.19. The van der Waals surface area contributed by atoms with Gasteiger partial charge in [-0.05, 0) is 56.6 Å². The maximum absolute atomic E-state index is 5.63. The highest BCUT2D eigenvalue weighted by Crippen LogP contribution is 2.44. The van der Waals surface area contributed by atoms with Crippen LogP contribution in [0.2, 0.25) is 0 Å². The first kappa shape index (κ1) is 28.1. The Balaban J connectivity index is 1.26. The van der Waals surface area contributed by atoms with Crippen LogP contribution in [-0.2, 0) is 0 Å². The van der Waals surface area contributed by atoms with E-state index in [1.54, 1.807) is 0 Å². The first-order chi connectivity index (χ1) is 25.8. The summed E-state index contributed by atoms with van der Waals surface area (Å²) in [6.07, 6.45) is 0. The van der Waals surface area contributed by atoms with E-state index >= 15 is 0 Å². The van der Waals surface area contributed by atoms with Crippen LogP contribution in [-0.4, -0.2) is 14.5 Å². The molecular weight excluding hydrogens is 651 g/mol. The average molecular weight is 678 g/mol. The molecule has 0 saturated carbocycles. The molecule has 0 fully saturated rings. The normalized spacial score (nSPS) is 12.2. The maximum Gasteiger partial charge on any atom is 0.235 e. The minimum Gasteiger partial charge on any atom is -0.278 e. The van der Waals surface area contributed by atoms with E-state index < -0.39 is 0 Å². The first-order valence-corrected chi connectivity index (χ1v) is 18.5. The minimum absolute atomic E-state index is 0.671. The quantitative estimate of drug-likeness (QED) is 0.171. The summed E-state index contributed by atoms with van der Waals surface area (Å²) in [7, 11) is 0. The highest BCUT2D eigenvalue weighted by atomic mass is 32.1. The molecule has 52 heavy (non-hydrogen) atoms. The third-order valence-corrected chi connectivity index (χ3v) is 12.2. The molecule has 0 radical (unpaired) electrons. The second-order valence-corrected chi connectivity index (χ2v) is 14.7. The van der Waals surface area contributed by atoms with Gasteiger partial charge in [0.05, 0.1) is 22.2 Å². The van der Waals surface area contributed by atoms with Crippen LogP contribution >= 0.6 is 11.3 Å². The van der Waals surface area contributed by atoms with Crippen molar-refractivity contribution in [1.29, 1.82) is 0 Å². The summed E-state index contributed by atoms with van der Waals surface area (Å²) >= 11 is 1.88. The molecular formula is C48H27N3S. The van der Waals surface area contributed by atoms with Crippen molar-refractivity contribution in [2.75, 3.05) is 0 Å². The lowest BCUT2D eigenvalue weighted by Crippen LogP contribution is -2.04. The van der Waals surface area contributed by atoms with E-state index in [4.69, 9.17) is 9.97 Å².